The maximum atomic E-state index is 12.8. The molecule has 2 aromatic carbocycles. The van der Waals surface area contributed by atoms with E-state index in [1.807, 2.05) is 0 Å². The Morgan fingerprint density at radius 1 is 0.778 bits per heavy atom. The van der Waals surface area contributed by atoms with Crippen molar-refractivity contribution in [2.75, 3.05) is 0 Å². The first-order chi connectivity index (χ1) is 12.9. The van der Waals surface area contributed by atoms with E-state index in [-0.39, 0.29) is 10.0 Å². The van der Waals surface area contributed by atoms with E-state index in [1.54, 1.807) is 24.3 Å². The number of rotatable bonds is 10. The van der Waals surface area contributed by atoms with Crippen LogP contribution < -0.4 is 13.5 Å². The van der Waals surface area contributed by atoms with Crippen molar-refractivity contribution in [1.29, 1.82) is 0 Å². The Bertz CT molecular complexity index is 784. The molecule has 2 nitrogen and oxygen atoms in total. The van der Waals surface area contributed by atoms with Gasteiger partial charge in [0.1, 0.15) is 0 Å². The molecule has 0 radical (unpaired) electrons. The van der Waals surface area contributed by atoms with Crippen LogP contribution in [0.4, 0.5) is 0 Å². The van der Waals surface area contributed by atoms with Crippen molar-refractivity contribution in [3.05, 3.63) is 51.5 Å². The molecule has 0 bridgehead atoms. The first-order valence-electron chi connectivity index (χ1n) is 8.76. The fraction of sp³-hybridized carbons (Fsp3) is 0.400. The molecule has 0 aliphatic rings. The fourth-order valence-corrected chi connectivity index (χ4v) is 6.60. The summed E-state index contributed by atoms with van der Waals surface area (Å²) in [6.07, 6.45) is 7.06. The van der Waals surface area contributed by atoms with Gasteiger partial charge in [-0.25, -0.2) is 0 Å². The van der Waals surface area contributed by atoms with Crippen molar-refractivity contribution in [3.8, 4) is 0 Å². The molecule has 0 saturated carbocycles. The SMILES string of the molecule is CCCCCCC[CH2][Co](=[O])[c]1cc[c]([Co](=[O])[c]2c(Cl)cc(Cl)cc2Cl)cc1. The Balaban J connectivity index is 1.98. The molecule has 0 fully saturated rings. The van der Waals surface area contributed by atoms with E-state index >= 15 is 0 Å². The van der Waals surface area contributed by atoms with E-state index < -0.39 is 27.2 Å². The summed E-state index contributed by atoms with van der Waals surface area (Å²) in [7, 11) is 0. The average Bonchev–Trinajstić information content (AvgIpc) is 2.63. The molecule has 2 rings (SSSR count). The van der Waals surface area contributed by atoms with E-state index in [2.05, 4.69) is 6.92 Å². The zero-order chi connectivity index (χ0) is 19.8. The van der Waals surface area contributed by atoms with Gasteiger partial charge in [0.05, 0.1) is 0 Å². The fourth-order valence-electron chi connectivity index (χ4n) is 2.47. The second-order valence-corrected chi connectivity index (χ2v) is 11.0. The Morgan fingerprint density at radius 3 is 1.89 bits per heavy atom. The van der Waals surface area contributed by atoms with Crippen LogP contribution in [-0.2, 0) is 34.9 Å². The summed E-state index contributed by atoms with van der Waals surface area (Å²) in [6.45, 7) is 2.20. The Morgan fingerprint density at radius 2 is 1.30 bits per heavy atom. The van der Waals surface area contributed by atoms with Gasteiger partial charge >= 0.3 is 185 Å². The van der Waals surface area contributed by atoms with E-state index in [9.17, 15) is 7.73 Å². The average molecular weight is 520 g/mol. The number of halogens is 3. The monoisotopic (exact) mass is 518 g/mol. The zero-order valence-electron chi connectivity index (χ0n) is 15.0. The molecular formula is C20H23Cl3Co2O2. The van der Waals surface area contributed by atoms with Gasteiger partial charge in [0.15, 0.2) is 0 Å². The van der Waals surface area contributed by atoms with E-state index in [0.717, 1.165) is 17.3 Å². The molecule has 0 N–H and O–H groups in total. The first kappa shape index (κ1) is 23.2. The number of hydrogen-bond donors (Lipinski definition) is 0. The van der Waals surface area contributed by atoms with Crippen molar-refractivity contribution in [3.63, 3.8) is 0 Å². The van der Waals surface area contributed by atoms with Gasteiger partial charge in [-0.1, -0.05) is 0 Å². The second-order valence-electron chi connectivity index (χ2n) is 5.98. The summed E-state index contributed by atoms with van der Waals surface area (Å²) in [5.41, 5.74) is 0. The minimum absolute atomic E-state index is 0.283. The summed E-state index contributed by atoms with van der Waals surface area (Å²) >= 11 is 14.9. The normalized spacial score (nSPS) is 12.1. The van der Waals surface area contributed by atoms with Crippen molar-refractivity contribution >= 4 is 48.3 Å². The molecule has 0 spiro atoms. The van der Waals surface area contributed by atoms with Gasteiger partial charge in [-0.3, -0.25) is 0 Å². The third-order valence-electron chi connectivity index (χ3n) is 3.86. The van der Waals surface area contributed by atoms with Crippen LogP contribution >= 0.6 is 34.8 Å². The topological polar surface area (TPSA) is 34.1 Å². The molecule has 0 amide bonds. The zero-order valence-corrected chi connectivity index (χ0v) is 19.4. The summed E-state index contributed by atoms with van der Waals surface area (Å²) in [5.74, 6) is 0. The van der Waals surface area contributed by atoms with Crippen LogP contribution in [-0.4, -0.2) is 0 Å². The molecule has 0 aliphatic heterocycles. The van der Waals surface area contributed by atoms with Crippen LogP contribution in [0.1, 0.15) is 45.4 Å². The van der Waals surface area contributed by atoms with Gasteiger partial charge in [0.2, 0.25) is 0 Å². The standard InChI is InChI=1S/C8H17.C6H2Cl3.C6H4.2Co.2O/c1-3-5-7-8-6-4-2;7-4-1-5(8)3-6(9)2-4;1-2-4-6-5-3-1;;;;/h1,3-8H2,2H3;1-2H;1-2,5-6H;;;;. The van der Waals surface area contributed by atoms with Crippen molar-refractivity contribution < 1.29 is 34.9 Å². The molecule has 0 aliphatic carbocycles. The van der Waals surface area contributed by atoms with Gasteiger partial charge < -0.3 is 0 Å². The van der Waals surface area contributed by atoms with Gasteiger partial charge in [-0.15, -0.1) is 0 Å². The Hall–Kier alpha value is -0.0770. The summed E-state index contributed by atoms with van der Waals surface area (Å²) < 4.78 is 27.0. The van der Waals surface area contributed by atoms with Crippen LogP contribution in [0.15, 0.2) is 36.4 Å². The van der Waals surface area contributed by atoms with Crippen LogP contribution in [0.25, 0.3) is 0 Å². The molecule has 7 heteroatoms. The van der Waals surface area contributed by atoms with Crippen molar-refractivity contribution in [2.24, 2.45) is 0 Å². The molecule has 0 heterocycles. The van der Waals surface area contributed by atoms with Crippen LogP contribution in [0.3, 0.4) is 0 Å². The van der Waals surface area contributed by atoms with Crippen LogP contribution in [0, 0.1) is 0 Å². The van der Waals surface area contributed by atoms with E-state index in [0.29, 0.717) is 19.4 Å². The van der Waals surface area contributed by atoms with Gasteiger partial charge in [0.25, 0.3) is 0 Å². The summed E-state index contributed by atoms with van der Waals surface area (Å²) in [4.78, 5) is 0. The second kappa shape index (κ2) is 11.8. The Kier molecular flexibility index (Phi) is 10.2. The van der Waals surface area contributed by atoms with Crippen molar-refractivity contribution in [2.45, 2.75) is 50.8 Å². The van der Waals surface area contributed by atoms with Gasteiger partial charge in [0, 0.05) is 0 Å². The van der Waals surface area contributed by atoms with Crippen LogP contribution in [0.2, 0.25) is 20.4 Å². The van der Waals surface area contributed by atoms with Crippen LogP contribution in [0.5, 0.6) is 0 Å². The summed E-state index contributed by atoms with van der Waals surface area (Å²) in [5, 5.41) is 1.66. The third kappa shape index (κ3) is 7.03. The number of benzene rings is 2. The number of unbranched alkanes of at least 4 members (excludes halogenated alkanes) is 5. The molecule has 154 valence electrons. The van der Waals surface area contributed by atoms with E-state index in [1.165, 1.54) is 37.8 Å². The molecule has 0 saturated heterocycles. The molecular weight excluding hydrogens is 496 g/mol. The van der Waals surface area contributed by atoms with Gasteiger partial charge in [-0.2, -0.15) is 0 Å². The predicted octanol–water partition coefficient (Wildman–Crippen LogP) is 5.93. The predicted molar refractivity (Wildman–Crippen MR) is 106 cm³/mol. The maximum absolute atomic E-state index is 12.8. The van der Waals surface area contributed by atoms with Gasteiger partial charge in [-0.05, 0) is 0 Å². The molecule has 0 unspecified atom stereocenters. The quantitative estimate of drug-likeness (QED) is 0.365. The Labute approximate surface area is 184 Å². The minimum atomic E-state index is -1.92. The molecule has 0 atom stereocenters. The van der Waals surface area contributed by atoms with Crippen molar-refractivity contribution in [1.82, 2.24) is 0 Å². The molecule has 0 aromatic heterocycles. The number of hydrogen-bond acceptors (Lipinski definition) is 2. The summed E-state index contributed by atoms with van der Waals surface area (Å²) in [6, 6.07) is 10.1. The molecule has 27 heavy (non-hydrogen) atoms. The van der Waals surface area contributed by atoms with E-state index in [4.69, 9.17) is 34.8 Å². The third-order valence-corrected chi connectivity index (χ3v) is 8.73. The first-order valence-corrected chi connectivity index (χ1v) is 13.0. The molecule has 2 aromatic rings.